The molecular formula is C26H30FNO. The Balaban J connectivity index is 1.93. The molecule has 0 amide bonds. The molecule has 0 heterocycles. The van der Waals surface area contributed by atoms with E-state index < -0.39 is 5.60 Å². The van der Waals surface area contributed by atoms with Gasteiger partial charge in [-0.1, -0.05) is 78.9 Å². The van der Waals surface area contributed by atoms with Crippen molar-refractivity contribution in [3.05, 3.63) is 107 Å². The average molecular weight is 392 g/mol. The number of rotatable bonds is 9. The summed E-state index contributed by atoms with van der Waals surface area (Å²) in [7, 11) is 0. The Bertz CT molecular complexity index is 874. The van der Waals surface area contributed by atoms with Crippen LogP contribution in [0.2, 0.25) is 0 Å². The summed E-state index contributed by atoms with van der Waals surface area (Å²) in [6.45, 7) is 5.05. The molecule has 1 N–H and O–H groups in total. The second-order valence-corrected chi connectivity index (χ2v) is 8.25. The highest BCUT2D eigenvalue weighted by atomic mass is 19.1. The Labute approximate surface area is 173 Å². The maximum absolute atomic E-state index is 14.8. The van der Waals surface area contributed by atoms with E-state index in [0.29, 0.717) is 18.5 Å². The predicted octanol–water partition coefficient (Wildman–Crippen LogP) is 5.77. The fraction of sp³-hybridized carbons (Fsp3) is 0.308. The van der Waals surface area contributed by atoms with Crippen LogP contribution in [0.25, 0.3) is 0 Å². The largest absolute Gasteiger partial charge is 0.390 e. The minimum absolute atomic E-state index is 0.222. The van der Waals surface area contributed by atoms with E-state index in [1.165, 1.54) is 17.2 Å². The third-order valence-electron chi connectivity index (χ3n) is 5.16. The van der Waals surface area contributed by atoms with Crippen LogP contribution >= 0.6 is 0 Å². The Kier molecular flexibility index (Phi) is 7.18. The molecule has 3 heteroatoms. The first-order chi connectivity index (χ1) is 13.9. The molecule has 1 unspecified atom stereocenters. The van der Waals surface area contributed by atoms with Gasteiger partial charge in [-0.3, -0.25) is 4.90 Å². The molecule has 0 radical (unpaired) electrons. The summed E-state index contributed by atoms with van der Waals surface area (Å²) in [4.78, 5) is 2.29. The Morgan fingerprint density at radius 3 is 1.97 bits per heavy atom. The van der Waals surface area contributed by atoms with E-state index in [-0.39, 0.29) is 11.9 Å². The molecule has 0 saturated heterocycles. The molecule has 0 fully saturated rings. The van der Waals surface area contributed by atoms with Gasteiger partial charge in [0.25, 0.3) is 0 Å². The molecule has 0 bridgehead atoms. The molecule has 0 aliphatic rings. The van der Waals surface area contributed by atoms with E-state index in [1.807, 2.05) is 48.5 Å². The van der Waals surface area contributed by atoms with Gasteiger partial charge in [-0.2, -0.15) is 0 Å². The zero-order valence-electron chi connectivity index (χ0n) is 17.3. The maximum Gasteiger partial charge on any atom is 0.127 e. The first-order valence-electron chi connectivity index (χ1n) is 10.2. The Morgan fingerprint density at radius 2 is 1.38 bits per heavy atom. The molecule has 3 rings (SSSR count). The minimum Gasteiger partial charge on any atom is -0.390 e. The van der Waals surface area contributed by atoms with Gasteiger partial charge < -0.3 is 5.11 Å². The van der Waals surface area contributed by atoms with E-state index >= 15 is 0 Å². The summed E-state index contributed by atoms with van der Waals surface area (Å²) in [5.74, 6) is -0.223. The number of hydrogen-bond acceptors (Lipinski definition) is 2. The van der Waals surface area contributed by atoms with Gasteiger partial charge in [0, 0.05) is 24.7 Å². The zero-order chi connectivity index (χ0) is 20.7. The standard InChI is InChI=1S/C26H30FNO/c1-26(2,29)19-25(23-15-9-10-16-24(23)27)28(20-22-13-7-4-8-14-22)18-17-21-11-5-3-6-12-21/h3-16,25,29H,17-20H2,1-2H3. The van der Waals surface area contributed by atoms with Crippen LogP contribution in [0.4, 0.5) is 4.39 Å². The molecule has 2 nitrogen and oxygen atoms in total. The van der Waals surface area contributed by atoms with Crippen molar-refractivity contribution in [2.45, 2.75) is 44.9 Å². The molecule has 152 valence electrons. The lowest BCUT2D eigenvalue weighted by Crippen LogP contribution is -2.36. The third kappa shape index (κ3) is 6.52. The molecule has 0 aromatic heterocycles. The van der Waals surface area contributed by atoms with Crippen LogP contribution in [0.5, 0.6) is 0 Å². The van der Waals surface area contributed by atoms with Crippen LogP contribution in [0.3, 0.4) is 0 Å². The van der Waals surface area contributed by atoms with Gasteiger partial charge in [0.05, 0.1) is 5.60 Å². The van der Waals surface area contributed by atoms with Crippen LogP contribution in [-0.2, 0) is 13.0 Å². The van der Waals surface area contributed by atoms with Gasteiger partial charge in [0.1, 0.15) is 5.82 Å². The summed E-state index contributed by atoms with van der Waals surface area (Å²) in [6.07, 6.45) is 1.32. The smallest absolute Gasteiger partial charge is 0.127 e. The van der Waals surface area contributed by atoms with Crippen LogP contribution in [0.15, 0.2) is 84.9 Å². The van der Waals surface area contributed by atoms with Crippen molar-refractivity contribution < 1.29 is 9.50 Å². The number of halogens is 1. The van der Waals surface area contributed by atoms with Crippen LogP contribution < -0.4 is 0 Å². The molecule has 29 heavy (non-hydrogen) atoms. The summed E-state index contributed by atoms with van der Waals surface area (Å²) in [5, 5.41) is 10.6. The highest BCUT2D eigenvalue weighted by molar-refractivity contribution is 5.23. The van der Waals surface area contributed by atoms with Gasteiger partial charge in [0.15, 0.2) is 0 Å². The van der Waals surface area contributed by atoms with Crippen molar-refractivity contribution in [3.63, 3.8) is 0 Å². The quantitative estimate of drug-likeness (QED) is 0.500. The van der Waals surface area contributed by atoms with Gasteiger partial charge in [0.2, 0.25) is 0 Å². The topological polar surface area (TPSA) is 23.5 Å². The van der Waals surface area contributed by atoms with E-state index in [4.69, 9.17) is 0 Å². The SMILES string of the molecule is CC(C)(O)CC(c1ccccc1F)N(CCc1ccccc1)Cc1ccccc1. The molecule has 0 aliphatic heterocycles. The minimum atomic E-state index is -0.908. The summed E-state index contributed by atoms with van der Waals surface area (Å²) in [5.41, 5.74) is 2.16. The predicted molar refractivity (Wildman–Crippen MR) is 117 cm³/mol. The van der Waals surface area contributed by atoms with Crippen LogP contribution in [0.1, 0.15) is 43.0 Å². The lowest BCUT2D eigenvalue weighted by molar-refractivity contribution is 0.0295. The normalized spacial score (nSPS) is 12.9. The fourth-order valence-electron chi connectivity index (χ4n) is 3.73. The summed E-state index contributed by atoms with van der Waals surface area (Å²) < 4.78 is 14.8. The van der Waals surface area contributed by atoms with Crippen molar-refractivity contribution in [3.8, 4) is 0 Å². The van der Waals surface area contributed by atoms with Crippen molar-refractivity contribution in [2.24, 2.45) is 0 Å². The number of hydrogen-bond donors (Lipinski definition) is 1. The van der Waals surface area contributed by atoms with E-state index in [2.05, 4.69) is 29.2 Å². The molecular weight excluding hydrogens is 361 g/mol. The second-order valence-electron chi connectivity index (χ2n) is 8.25. The molecule has 3 aromatic rings. The molecule has 0 saturated carbocycles. The molecule has 1 atom stereocenters. The molecule has 3 aromatic carbocycles. The molecule has 0 aliphatic carbocycles. The number of nitrogens with zero attached hydrogens (tertiary/aromatic N) is 1. The van der Waals surface area contributed by atoms with E-state index in [0.717, 1.165) is 13.0 Å². The zero-order valence-corrected chi connectivity index (χ0v) is 17.3. The number of aliphatic hydroxyl groups is 1. The van der Waals surface area contributed by atoms with E-state index in [9.17, 15) is 9.50 Å². The Morgan fingerprint density at radius 1 is 0.828 bits per heavy atom. The first-order valence-corrected chi connectivity index (χ1v) is 10.2. The van der Waals surface area contributed by atoms with Crippen LogP contribution in [0, 0.1) is 5.82 Å². The Hall–Kier alpha value is -2.49. The summed E-state index contributed by atoms with van der Waals surface area (Å²) in [6, 6.07) is 27.3. The van der Waals surface area contributed by atoms with Gasteiger partial charge >= 0.3 is 0 Å². The summed E-state index contributed by atoms with van der Waals surface area (Å²) >= 11 is 0. The van der Waals surface area contributed by atoms with Crippen molar-refractivity contribution in [2.75, 3.05) is 6.54 Å². The second kappa shape index (κ2) is 9.82. The molecule has 0 spiro atoms. The van der Waals surface area contributed by atoms with Gasteiger partial charge in [-0.15, -0.1) is 0 Å². The lowest BCUT2D eigenvalue weighted by Gasteiger charge is -2.36. The maximum atomic E-state index is 14.8. The third-order valence-corrected chi connectivity index (χ3v) is 5.16. The van der Waals surface area contributed by atoms with Crippen molar-refractivity contribution in [1.82, 2.24) is 4.90 Å². The van der Waals surface area contributed by atoms with Crippen molar-refractivity contribution >= 4 is 0 Å². The van der Waals surface area contributed by atoms with Gasteiger partial charge in [-0.05, 0) is 43.9 Å². The highest BCUT2D eigenvalue weighted by Gasteiger charge is 2.29. The fourth-order valence-corrected chi connectivity index (χ4v) is 3.73. The van der Waals surface area contributed by atoms with Crippen molar-refractivity contribution in [1.29, 1.82) is 0 Å². The average Bonchev–Trinajstić information content (AvgIpc) is 2.71. The van der Waals surface area contributed by atoms with E-state index in [1.54, 1.807) is 19.9 Å². The lowest BCUT2D eigenvalue weighted by atomic mass is 9.91. The van der Waals surface area contributed by atoms with Gasteiger partial charge in [-0.25, -0.2) is 4.39 Å². The monoisotopic (exact) mass is 391 g/mol. The first kappa shape index (κ1) is 21.2. The highest BCUT2D eigenvalue weighted by Crippen LogP contribution is 2.32. The van der Waals surface area contributed by atoms with Crippen LogP contribution in [-0.4, -0.2) is 22.2 Å². The number of benzene rings is 3.